The number of alkyl halides is 1. The van der Waals surface area contributed by atoms with Crippen LogP contribution >= 0.6 is 15.9 Å². The van der Waals surface area contributed by atoms with Gasteiger partial charge >= 0.3 is 0 Å². The second-order valence-electron chi connectivity index (χ2n) is 2.63. The van der Waals surface area contributed by atoms with Gasteiger partial charge in [0.15, 0.2) is 0 Å². The first-order chi connectivity index (χ1) is 4.81. The summed E-state index contributed by atoms with van der Waals surface area (Å²) < 4.78 is 0. The van der Waals surface area contributed by atoms with Crippen LogP contribution in [0.25, 0.3) is 0 Å². The average molecular weight is 226 g/mol. The Morgan fingerprint density at radius 3 is 2.36 bits per heavy atom. The van der Waals surface area contributed by atoms with Gasteiger partial charge in [-0.05, 0) is 6.42 Å². The van der Waals surface area contributed by atoms with Crippen LogP contribution in [0, 0.1) is 0 Å². The van der Waals surface area contributed by atoms with Crippen molar-refractivity contribution in [2.24, 2.45) is 0 Å². The van der Waals surface area contributed by atoms with Gasteiger partial charge < -0.3 is 11.3 Å². The minimum absolute atomic E-state index is 0. The highest BCUT2D eigenvalue weighted by molar-refractivity contribution is 9.09. The molecule has 0 saturated heterocycles. The van der Waals surface area contributed by atoms with E-state index in [1.165, 1.54) is 25.7 Å². The van der Waals surface area contributed by atoms with E-state index >= 15 is 0 Å². The second kappa shape index (κ2) is 10.4. The van der Waals surface area contributed by atoms with Crippen molar-refractivity contribution in [3.8, 4) is 0 Å². The molecule has 0 radical (unpaired) electrons. The third kappa shape index (κ3) is 10.4. The normalized spacial score (nSPS) is 12.3. The maximum atomic E-state index is 8.64. The van der Waals surface area contributed by atoms with Crippen LogP contribution in [0.15, 0.2) is 0 Å². The fourth-order valence-electron chi connectivity index (χ4n) is 0.884. The molecule has 1 atom stereocenters. The molecule has 0 aliphatic heterocycles. The van der Waals surface area contributed by atoms with E-state index < -0.39 is 0 Å². The van der Waals surface area contributed by atoms with Crippen molar-refractivity contribution in [3.05, 3.63) is 0 Å². The lowest BCUT2D eigenvalue weighted by molar-refractivity contribution is 0.290. The minimum Gasteiger partial charge on any atom is -0.395 e. The summed E-state index contributed by atoms with van der Waals surface area (Å²) in [6.45, 7) is 2.48. The monoisotopic (exact) mass is 225 g/mol. The summed E-state index contributed by atoms with van der Waals surface area (Å²) in [5.41, 5.74) is 0. The lowest BCUT2D eigenvalue weighted by atomic mass is 10.1. The van der Waals surface area contributed by atoms with Crippen LogP contribution in [0.5, 0.6) is 0 Å². The Kier molecular flexibility index (Phi) is 13.2. The molecule has 0 rings (SSSR count). The van der Waals surface area contributed by atoms with Crippen molar-refractivity contribution in [1.29, 1.82) is 0 Å². The molecule has 11 heavy (non-hydrogen) atoms. The Balaban J connectivity index is 0. The second-order valence-corrected chi connectivity index (χ2v) is 3.92. The predicted octanol–water partition coefficient (Wildman–Crippen LogP) is 2.87. The molecule has 0 amide bonds. The summed E-state index contributed by atoms with van der Waals surface area (Å²) in [5.74, 6) is 0. The van der Waals surface area contributed by atoms with Gasteiger partial charge in [0.2, 0.25) is 0 Å². The predicted molar refractivity (Wildman–Crippen MR) is 53.6 cm³/mol. The van der Waals surface area contributed by atoms with Gasteiger partial charge in [0, 0.05) is 4.83 Å². The lowest BCUT2D eigenvalue weighted by Gasteiger charge is -2.03. The van der Waals surface area contributed by atoms with Crippen LogP contribution in [0.1, 0.15) is 39.0 Å². The molecule has 0 heterocycles. The Bertz CT molecular complexity index is 71.1. The molecular formula is C8H20BrNO. The quantitative estimate of drug-likeness (QED) is 0.540. The standard InChI is InChI=1S/C8H17BrO.H3N/c1-2-3-4-5-6-8(9)7-10;/h8,10H,2-7H2,1H3;1H3. The molecule has 0 aromatic heterocycles. The highest BCUT2D eigenvalue weighted by Crippen LogP contribution is 2.10. The molecule has 70 valence electrons. The van der Waals surface area contributed by atoms with Crippen molar-refractivity contribution in [2.75, 3.05) is 6.61 Å². The van der Waals surface area contributed by atoms with Crippen LogP contribution in [0.2, 0.25) is 0 Å². The first-order valence-electron chi connectivity index (χ1n) is 4.06. The molecular weight excluding hydrogens is 206 g/mol. The Morgan fingerprint density at radius 1 is 1.27 bits per heavy atom. The van der Waals surface area contributed by atoms with Gasteiger partial charge in [0.1, 0.15) is 0 Å². The summed E-state index contributed by atoms with van der Waals surface area (Å²) in [4.78, 5) is 0.323. The first-order valence-corrected chi connectivity index (χ1v) is 4.97. The number of unbranched alkanes of at least 4 members (excludes halogenated alkanes) is 3. The van der Waals surface area contributed by atoms with Gasteiger partial charge in [-0.25, -0.2) is 0 Å². The zero-order chi connectivity index (χ0) is 7.82. The third-order valence-corrected chi connectivity index (χ3v) is 2.32. The molecule has 0 aromatic carbocycles. The van der Waals surface area contributed by atoms with E-state index in [2.05, 4.69) is 22.9 Å². The zero-order valence-electron chi connectivity index (χ0n) is 7.35. The van der Waals surface area contributed by atoms with E-state index in [1.54, 1.807) is 0 Å². The number of aliphatic hydroxyl groups excluding tert-OH is 1. The van der Waals surface area contributed by atoms with E-state index in [0.717, 1.165) is 6.42 Å². The molecule has 2 nitrogen and oxygen atoms in total. The highest BCUT2D eigenvalue weighted by Gasteiger charge is 1.99. The number of rotatable bonds is 6. The lowest BCUT2D eigenvalue weighted by Crippen LogP contribution is -2.02. The molecule has 0 bridgehead atoms. The van der Waals surface area contributed by atoms with E-state index in [1.807, 2.05) is 0 Å². The smallest absolute Gasteiger partial charge is 0.0556 e. The van der Waals surface area contributed by atoms with Crippen molar-refractivity contribution in [3.63, 3.8) is 0 Å². The molecule has 0 saturated carbocycles. The van der Waals surface area contributed by atoms with Crippen molar-refractivity contribution in [1.82, 2.24) is 6.15 Å². The fraction of sp³-hybridized carbons (Fsp3) is 1.00. The SMILES string of the molecule is CCCCCCC(Br)CO.N. The molecule has 3 heteroatoms. The summed E-state index contributed by atoms with van der Waals surface area (Å²) in [6.07, 6.45) is 6.26. The largest absolute Gasteiger partial charge is 0.395 e. The van der Waals surface area contributed by atoms with Gasteiger partial charge in [-0.1, -0.05) is 48.5 Å². The summed E-state index contributed by atoms with van der Waals surface area (Å²) in [7, 11) is 0. The van der Waals surface area contributed by atoms with Crippen molar-refractivity contribution >= 4 is 15.9 Å². The third-order valence-electron chi connectivity index (χ3n) is 1.57. The van der Waals surface area contributed by atoms with Crippen LogP contribution in [-0.2, 0) is 0 Å². The highest BCUT2D eigenvalue weighted by atomic mass is 79.9. The number of hydrogen-bond acceptors (Lipinski definition) is 2. The van der Waals surface area contributed by atoms with Crippen LogP contribution < -0.4 is 6.15 Å². The van der Waals surface area contributed by atoms with Crippen LogP contribution in [0.4, 0.5) is 0 Å². The maximum absolute atomic E-state index is 8.64. The Labute approximate surface area is 78.1 Å². The van der Waals surface area contributed by atoms with Gasteiger partial charge in [-0.15, -0.1) is 0 Å². The topological polar surface area (TPSA) is 55.2 Å². The van der Waals surface area contributed by atoms with Crippen molar-refractivity contribution in [2.45, 2.75) is 43.9 Å². The molecule has 0 aliphatic carbocycles. The van der Waals surface area contributed by atoms with Gasteiger partial charge in [-0.3, -0.25) is 0 Å². The zero-order valence-corrected chi connectivity index (χ0v) is 8.94. The fourth-order valence-corrected chi connectivity index (χ4v) is 1.21. The number of hydrogen-bond donors (Lipinski definition) is 2. The van der Waals surface area contributed by atoms with E-state index in [0.29, 0.717) is 4.83 Å². The van der Waals surface area contributed by atoms with E-state index in [9.17, 15) is 0 Å². The van der Waals surface area contributed by atoms with Gasteiger partial charge in [0.05, 0.1) is 6.61 Å². The van der Waals surface area contributed by atoms with Crippen molar-refractivity contribution < 1.29 is 5.11 Å². The number of halogens is 1. The molecule has 4 N–H and O–H groups in total. The molecule has 0 fully saturated rings. The van der Waals surface area contributed by atoms with E-state index in [-0.39, 0.29) is 12.8 Å². The van der Waals surface area contributed by atoms with Gasteiger partial charge in [0.25, 0.3) is 0 Å². The minimum atomic E-state index is 0. The Morgan fingerprint density at radius 2 is 1.91 bits per heavy atom. The molecule has 0 spiro atoms. The summed E-state index contributed by atoms with van der Waals surface area (Å²) >= 11 is 3.38. The molecule has 0 aromatic rings. The molecule has 0 aliphatic rings. The van der Waals surface area contributed by atoms with Crippen LogP contribution in [-0.4, -0.2) is 16.5 Å². The van der Waals surface area contributed by atoms with Crippen LogP contribution in [0.3, 0.4) is 0 Å². The summed E-state index contributed by atoms with van der Waals surface area (Å²) in [6, 6.07) is 0. The average Bonchev–Trinajstić information content (AvgIpc) is 1.98. The number of aliphatic hydroxyl groups is 1. The summed E-state index contributed by atoms with van der Waals surface area (Å²) in [5, 5.41) is 8.64. The Hall–Kier alpha value is 0.400. The van der Waals surface area contributed by atoms with E-state index in [4.69, 9.17) is 5.11 Å². The first kappa shape index (κ1) is 14.0. The molecule has 1 unspecified atom stereocenters. The van der Waals surface area contributed by atoms with Gasteiger partial charge in [-0.2, -0.15) is 0 Å². The maximum Gasteiger partial charge on any atom is 0.0556 e.